The molecule has 0 bridgehead atoms. The van der Waals surface area contributed by atoms with Crippen LogP contribution in [0.4, 0.5) is 0 Å². The van der Waals surface area contributed by atoms with Crippen LogP contribution in [0, 0.1) is 12.8 Å². The fraction of sp³-hybridized carbons (Fsp3) is 0.385. The maximum absolute atomic E-state index is 12.2. The summed E-state index contributed by atoms with van der Waals surface area (Å²) in [5.41, 5.74) is 1.57. The van der Waals surface area contributed by atoms with Crippen LogP contribution in [0.2, 0.25) is 0 Å². The Bertz CT molecular complexity index is 464. The first-order valence-corrected chi connectivity index (χ1v) is 6.38. The summed E-state index contributed by atoms with van der Waals surface area (Å²) in [5.74, 6) is 0.00331. The predicted octanol–water partition coefficient (Wildman–Crippen LogP) is 2.77. The molecule has 2 rings (SSSR count). The molecule has 0 aliphatic carbocycles. The summed E-state index contributed by atoms with van der Waals surface area (Å²) in [6, 6.07) is 5.50. The van der Waals surface area contributed by atoms with Gasteiger partial charge in [0.25, 0.3) is 5.91 Å². The van der Waals surface area contributed by atoms with Crippen molar-refractivity contribution in [3.8, 4) is 0 Å². The van der Waals surface area contributed by atoms with Gasteiger partial charge in [0.2, 0.25) is 5.91 Å². The number of benzene rings is 1. The van der Waals surface area contributed by atoms with Crippen molar-refractivity contribution in [1.29, 1.82) is 0 Å². The first-order valence-electron chi connectivity index (χ1n) is 5.59. The number of carbonyl (C=O) groups excluding carboxylic acids is 2. The SMILES string of the molecule is Cc1cc(Br)cc(C(=O)N2CC(C)CC2=O)c1. The van der Waals surface area contributed by atoms with Crippen LogP contribution in [-0.2, 0) is 4.79 Å². The quantitative estimate of drug-likeness (QED) is 0.747. The Morgan fingerprint density at radius 1 is 1.41 bits per heavy atom. The molecule has 0 radical (unpaired) electrons. The second kappa shape index (κ2) is 4.61. The van der Waals surface area contributed by atoms with Gasteiger partial charge in [0.05, 0.1) is 0 Å². The van der Waals surface area contributed by atoms with Crippen molar-refractivity contribution >= 4 is 27.7 Å². The number of nitrogens with zero attached hydrogens (tertiary/aromatic N) is 1. The number of amides is 2. The summed E-state index contributed by atoms with van der Waals surface area (Å²) >= 11 is 3.36. The van der Waals surface area contributed by atoms with Gasteiger partial charge in [-0.25, -0.2) is 0 Å². The zero-order valence-corrected chi connectivity index (χ0v) is 11.5. The number of hydrogen-bond acceptors (Lipinski definition) is 2. The summed E-state index contributed by atoms with van der Waals surface area (Å²) in [7, 11) is 0. The van der Waals surface area contributed by atoms with E-state index in [9.17, 15) is 9.59 Å². The van der Waals surface area contributed by atoms with E-state index in [2.05, 4.69) is 15.9 Å². The van der Waals surface area contributed by atoms with Crippen LogP contribution in [-0.4, -0.2) is 23.3 Å². The average molecular weight is 296 g/mol. The van der Waals surface area contributed by atoms with E-state index in [1.807, 2.05) is 26.0 Å². The van der Waals surface area contributed by atoms with E-state index in [0.29, 0.717) is 18.5 Å². The minimum atomic E-state index is -0.191. The number of imide groups is 1. The van der Waals surface area contributed by atoms with Gasteiger partial charge in [-0.1, -0.05) is 22.9 Å². The lowest BCUT2D eigenvalue weighted by molar-refractivity contribution is -0.125. The van der Waals surface area contributed by atoms with E-state index in [1.54, 1.807) is 6.07 Å². The third-order valence-electron chi connectivity index (χ3n) is 2.85. The van der Waals surface area contributed by atoms with Crippen LogP contribution in [0.25, 0.3) is 0 Å². The summed E-state index contributed by atoms with van der Waals surface area (Å²) in [4.78, 5) is 25.2. The summed E-state index contributed by atoms with van der Waals surface area (Å²) in [6.07, 6.45) is 0.471. The van der Waals surface area contributed by atoms with Crippen molar-refractivity contribution in [3.63, 3.8) is 0 Å². The van der Waals surface area contributed by atoms with Gasteiger partial charge in [0.1, 0.15) is 0 Å². The summed E-state index contributed by atoms with van der Waals surface area (Å²) < 4.78 is 0.862. The maximum Gasteiger partial charge on any atom is 0.260 e. The van der Waals surface area contributed by atoms with Crippen LogP contribution < -0.4 is 0 Å². The Morgan fingerprint density at radius 2 is 2.12 bits per heavy atom. The molecule has 1 heterocycles. The second-order valence-corrected chi connectivity index (χ2v) is 5.55. The van der Waals surface area contributed by atoms with E-state index < -0.39 is 0 Å². The molecule has 1 aromatic carbocycles. The van der Waals surface area contributed by atoms with Crippen molar-refractivity contribution in [2.45, 2.75) is 20.3 Å². The monoisotopic (exact) mass is 295 g/mol. The molecule has 4 heteroatoms. The van der Waals surface area contributed by atoms with Gasteiger partial charge in [0, 0.05) is 23.0 Å². The standard InChI is InChI=1S/C13H14BrNO2/c1-8-3-10(6-11(14)4-8)13(17)15-7-9(2)5-12(15)16/h3-4,6,9H,5,7H2,1-2H3. The zero-order chi connectivity index (χ0) is 12.6. The molecule has 1 saturated heterocycles. The molecule has 3 nitrogen and oxygen atoms in total. The molecule has 1 unspecified atom stereocenters. The van der Waals surface area contributed by atoms with Crippen molar-refractivity contribution in [2.24, 2.45) is 5.92 Å². The normalized spacial score (nSPS) is 19.8. The number of carbonyl (C=O) groups is 2. The van der Waals surface area contributed by atoms with Gasteiger partial charge in [-0.2, -0.15) is 0 Å². The molecule has 1 aliphatic rings. The third-order valence-corrected chi connectivity index (χ3v) is 3.31. The highest BCUT2D eigenvalue weighted by atomic mass is 79.9. The lowest BCUT2D eigenvalue weighted by atomic mass is 10.1. The lowest BCUT2D eigenvalue weighted by Gasteiger charge is -2.14. The molecular weight excluding hydrogens is 282 g/mol. The Hall–Kier alpha value is -1.16. The Kier molecular flexibility index (Phi) is 3.33. The Morgan fingerprint density at radius 3 is 2.65 bits per heavy atom. The molecular formula is C13H14BrNO2. The largest absolute Gasteiger partial charge is 0.278 e. The van der Waals surface area contributed by atoms with Crippen LogP contribution >= 0.6 is 15.9 Å². The topological polar surface area (TPSA) is 37.4 Å². The molecule has 0 spiro atoms. The second-order valence-electron chi connectivity index (χ2n) is 4.64. The molecule has 1 fully saturated rings. The van der Waals surface area contributed by atoms with E-state index in [-0.39, 0.29) is 17.7 Å². The van der Waals surface area contributed by atoms with Crippen LogP contribution in [0.5, 0.6) is 0 Å². The number of hydrogen-bond donors (Lipinski definition) is 0. The molecule has 17 heavy (non-hydrogen) atoms. The highest BCUT2D eigenvalue weighted by Gasteiger charge is 2.31. The minimum Gasteiger partial charge on any atom is -0.278 e. The van der Waals surface area contributed by atoms with E-state index in [4.69, 9.17) is 0 Å². The molecule has 90 valence electrons. The third kappa shape index (κ3) is 2.57. The van der Waals surface area contributed by atoms with Gasteiger partial charge in [-0.3, -0.25) is 14.5 Å². The van der Waals surface area contributed by atoms with Crippen molar-refractivity contribution in [1.82, 2.24) is 4.90 Å². The first kappa shape index (κ1) is 12.3. The number of rotatable bonds is 1. The van der Waals surface area contributed by atoms with E-state index in [0.717, 1.165) is 10.0 Å². The van der Waals surface area contributed by atoms with Crippen LogP contribution in [0.15, 0.2) is 22.7 Å². The molecule has 0 saturated carbocycles. The van der Waals surface area contributed by atoms with Gasteiger partial charge in [-0.15, -0.1) is 0 Å². The van der Waals surface area contributed by atoms with E-state index in [1.165, 1.54) is 4.90 Å². The smallest absolute Gasteiger partial charge is 0.260 e. The molecule has 1 aromatic rings. The first-order chi connectivity index (χ1) is 7.97. The fourth-order valence-electron chi connectivity index (χ4n) is 2.10. The average Bonchev–Trinajstić information content (AvgIpc) is 2.55. The molecule has 0 aromatic heterocycles. The number of aryl methyl sites for hydroxylation is 1. The highest BCUT2D eigenvalue weighted by molar-refractivity contribution is 9.10. The highest BCUT2D eigenvalue weighted by Crippen LogP contribution is 2.22. The molecule has 2 amide bonds. The number of halogens is 1. The zero-order valence-electron chi connectivity index (χ0n) is 9.87. The lowest BCUT2D eigenvalue weighted by Crippen LogP contribution is -2.32. The van der Waals surface area contributed by atoms with Crippen molar-refractivity contribution in [2.75, 3.05) is 6.54 Å². The van der Waals surface area contributed by atoms with Crippen molar-refractivity contribution in [3.05, 3.63) is 33.8 Å². The summed E-state index contributed by atoms with van der Waals surface area (Å²) in [5, 5.41) is 0. The molecule has 1 atom stereocenters. The number of likely N-dealkylation sites (tertiary alicyclic amines) is 1. The van der Waals surface area contributed by atoms with Gasteiger partial charge in [-0.05, 0) is 36.6 Å². The summed E-state index contributed by atoms with van der Waals surface area (Å²) in [6.45, 7) is 4.44. The molecule has 0 N–H and O–H groups in total. The molecule has 1 aliphatic heterocycles. The predicted molar refractivity (Wildman–Crippen MR) is 68.7 cm³/mol. The fourth-order valence-corrected chi connectivity index (χ4v) is 2.71. The van der Waals surface area contributed by atoms with Gasteiger partial charge in [0.15, 0.2) is 0 Å². The Labute approximate surface area is 109 Å². The maximum atomic E-state index is 12.2. The van der Waals surface area contributed by atoms with Gasteiger partial charge < -0.3 is 0 Å². The van der Waals surface area contributed by atoms with Gasteiger partial charge >= 0.3 is 0 Å². The Balaban J connectivity index is 2.28. The van der Waals surface area contributed by atoms with Crippen LogP contribution in [0.1, 0.15) is 29.3 Å². The van der Waals surface area contributed by atoms with Crippen molar-refractivity contribution < 1.29 is 9.59 Å². The van der Waals surface area contributed by atoms with E-state index >= 15 is 0 Å². The van der Waals surface area contributed by atoms with Crippen LogP contribution in [0.3, 0.4) is 0 Å². The minimum absolute atomic E-state index is 0.0693.